The molecule has 0 unspecified atom stereocenters. The standard InChI is InChI=1S/C9H8ClF3O2/c10-7-5-6(3-4-14)1-2-8(7)15-9(11,12)13/h1-2,5,14H,3-4H2. The van der Waals surface area contributed by atoms with Crippen LogP contribution in [-0.2, 0) is 6.42 Å². The van der Waals surface area contributed by atoms with Gasteiger partial charge in [-0.05, 0) is 24.1 Å². The van der Waals surface area contributed by atoms with E-state index in [9.17, 15) is 13.2 Å². The molecule has 1 aromatic rings. The normalized spacial score (nSPS) is 11.5. The van der Waals surface area contributed by atoms with E-state index in [4.69, 9.17) is 16.7 Å². The fourth-order valence-corrected chi connectivity index (χ4v) is 1.28. The van der Waals surface area contributed by atoms with Crippen LogP contribution in [0.2, 0.25) is 5.02 Å². The number of ether oxygens (including phenoxy) is 1. The van der Waals surface area contributed by atoms with Crippen LogP contribution in [0.5, 0.6) is 5.75 Å². The minimum atomic E-state index is -4.75. The lowest BCUT2D eigenvalue weighted by atomic mass is 10.1. The summed E-state index contributed by atoms with van der Waals surface area (Å²) in [5.41, 5.74) is 0.650. The summed E-state index contributed by atoms with van der Waals surface area (Å²) >= 11 is 5.56. The highest BCUT2D eigenvalue weighted by Gasteiger charge is 2.31. The van der Waals surface area contributed by atoms with E-state index in [-0.39, 0.29) is 11.6 Å². The van der Waals surface area contributed by atoms with Crippen molar-refractivity contribution in [1.82, 2.24) is 0 Å². The molecular formula is C9H8ClF3O2. The van der Waals surface area contributed by atoms with E-state index in [1.807, 2.05) is 0 Å². The summed E-state index contributed by atoms with van der Waals surface area (Å²) in [5, 5.41) is 8.49. The predicted molar refractivity (Wildman–Crippen MR) is 48.9 cm³/mol. The lowest BCUT2D eigenvalue weighted by molar-refractivity contribution is -0.274. The first-order valence-electron chi connectivity index (χ1n) is 4.07. The maximum Gasteiger partial charge on any atom is 0.573 e. The monoisotopic (exact) mass is 240 g/mol. The maximum absolute atomic E-state index is 11.8. The number of alkyl halides is 3. The number of benzene rings is 1. The van der Waals surface area contributed by atoms with Crippen LogP contribution in [0, 0.1) is 0 Å². The third kappa shape index (κ3) is 3.97. The van der Waals surface area contributed by atoms with E-state index >= 15 is 0 Å². The van der Waals surface area contributed by atoms with E-state index in [2.05, 4.69) is 4.74 Å². The van der Waals surface area contributed by atoms with Gasteiger partial charge in [-0.25, -0.2) is 0 Å². The molecule has 0 aliphatic carbocycles. The van der Waals surface area contributed by atoms with Crippen molar-refractivity contribution in [3.05, 3.63) is 28.8 Å². The summed E-state index contributed by atoms with van der Waals surface area (Å²) in [6.07, 6.45) is -4.41. The number of hydrogen-bond donors (Lipinski definition) is 1. The fraction of sp³-hybridized carbons (Fsp3) is 0.333. The van der Waals surface area contributed by atoms with Gasteiger partial charge in [0.2, 0.25) is 0 Å². The second-order valence-electron chi connectivity index (χ2n) is 2.79. The molecule has 0 heterocycles. The van der Waals surface area contributed by atoms with E-state index in [1.54, 1.807) is 0 Å². The van der Waals surface area contributed by atoms with E-state index in [1.165, 1.54) is 12.1 Å². The molecule has 0 spiro atoms. The van der Waals surface area contributed by atoms with Gasteiger partial charge in [-0.1, -0.05) is 17.7 Å². The molecule has 1 N–H and O–H groups in total. The van der Waals surface area contributed by atoms with Gasteiger partial charge < -0.3 is 9.84 Å². The van der Waals surface area contributed by atoms with Crippen LogP contribution in [0.3, 0.4) is 0 Å². The third-order valence-electron chi connectivity index (χ3n) is 1.62. The molecule has 0 saturated heterocycles. The van der Waals surface area contributed by atoms with Gasteiger partial charge in [-0.15, -0.1) is 13.2 Å². The summed E-state index contributed by atoms with van der Waals surface area (Å²) < 4.78 is 39.2. The quantitative estimate of drug-likeness (QED) is 0.880. The molecule has 15 heavy (non-hydrogen) atoms. The molecule has 0 atom stereocenters. The Kier molecular flexibility index (Phi) is 3.82. The van der Waals surface area contributed by atoms with Crippen molar-refractivity contribution in [3.8, 4) is 5.75 Å². The van der Waals surface area contributed by atoms with Crippen LogP contribution < -0.4 is 4.74 Å². The highest BCUT2D eigenvalue weighted by Crippen LogP contribution is 2.30. The maximum atomic E-state index is 11.8. The average Bonchev–Trinajstić information content (AvgIpc) is 2.08. The Morgan fingerprint density at radius 2 is 2.00 bits per heavy atom. The molecule has 84 valence electrons. The summed E-state index contributed by atoms with van der Waals surface area (Å²) in [7, 11) is 0. The molecule has 0 aromatic heterocycles. The first-order valence-corrected chi connectivity index (χ1v) is 4.45. The number of aliphatic hydroxyl groups excluding tert-OH is 1. The van der Waals surface area contributed by atoms with Gasteiger partial charge in [-0.3, -0.25) is 0 Å². The van der Waals surface area contributed by atoms with Crippen molar-refractivity contribution < 1.29 is 23.0 Å². The molecule has 1 rings (SSSR count). The highest BCUT2D eigenvalue weighted by molar-refractivity contribution is 6.32. The van der Waals surface area contributed by atoms with Crippen LogP contribution in [0.15, 0.2) is 18.2 Å². The number of halogens is 4. The minimum absolute atomic E-state index is 0.0875. The van der Waals surface area contributed by atoms with Gasteiger partial charge in [0.15, 0.2) is 0 Å². The molecule has 0 amide bonds. The van der Waals surface area contributed by atoms with Crippen LogP contribution in [0.1, 0.15) is 5.56 Å². The molecule has 2 nitrogen and oxygen atoms in total. The Labute approximate surface area is 89.2 Å². The van der Waals surface area contributed by atoms with Crippen molar-refractivity contribution >= 4 is 11.6 Å². The Morgan fingerprint density at radius 3 is 2.47 bits per heavy atom. The third-order valence-corrected chi connectivity index (χ3v) is 1.92. The number of aliphatic hydroxyl groups is 1. The van der Waals surface area contributed by atoms with Gasteiger partial charge in [-0.2, -0.15) is 0 Å². The van der Waals surface area contributed by atoms with Gasteiger partial charge in [0.1, 0.15) is 5.75 Å². The number of hydrogen-bond acceptors (Lipinski definition) is 2. The van der Waals surface area contributed by atoms with Gasteiger partial charge >= 0.3 is 6.36 Å². The summed E-state index contributed by atoms with van der Waals surface area (Å²) in [5.74, 6) is -0.439. The van der Waals surface area contributed by atoms with Crippen LogP contribution >= 0.6 is 11.6 Å². The zero-order valence-electron chi connectivity index (χ0n) is 7.51. The SMILES string of the molecule is OCCc1ccc(OC(F)(F)F)c(Cl)c1. The zero-order chi connectivity index (χ0) is 11.5. The molecule has 1 aromatic carbocycles. The van der Waals surface area contributed by atoms with Crippen molar-refractivity contribution in [3.63, 3.8) is 0 Å². The van der Waals surface area contributed by atoms with Gasteiger partial charge in [0, 0.05) is 6.61 Å². The average molecular weight is 241 g/mol. The lowest BCUT2D eigenvalue weighted by Gasteiger charge is -2.10. The van der Waals surface area contributed by atoms with Crippen molar-refractivity contribution in [2.24, 2.45) is 0 Å². The highest BCUT2D eigenvalue weighted by atomic mass is 35.5. The van der Waals surface area contributed by atoms with E-state index in [0.29, 0.717) is 12.0 Å². The number of rotatable bonds is 3. The molecule has 0 saturated carbocycles. The Bertz CT molecular complexity index is 339. The van der Waals surface area contributed by atoms with Crippen LogP contribution in [-0.4, -0.2) is 18.1 Å². The van der Waals surface area contributed by atoms with Crippen LogP contribution in [0.25, 0.3) is 0 Å². The lowest BCUT2D eigenvalue weighted by Crippen LogP contribution is -2.17. The first-order chi connectivity index (χ1) is 6.92. The van der Waals surface area contributed by atoms with Crippen molar-refractivity contribution in [2.45, 2.75) is 12.8 Å². The summed E-state index contributed by atoms with van der Waals surface area (Å²) in [4.78, 5) is 0. The second-order valence-corrected chi connectivity index (χ2v) is 3.19. The molecular weight excluding hydrogens is 233 g/mol. The van der Waals surface area contributed by atoms with Crippen LogP contribution in [0.4, 0.5) is 13.2 Å². The first kappa shape index (κ1) is 12.1. The van der Waals surface area contributed by atoms with Gasteiger partial charge in [0.05, 0.1) is 5.02 Å². The van der Waals surface area contributed by atoms with E-state index in [0.717, 1.165) is 6.07 Å². The van der Waals surface area contributed by atoms with Gasteiger partial charge in [0.25, 0.3) is 0 Å². The summed E-state index contributed by atoms with van der Waals surface area (Å²) in [6.45, 7) is -0.0875. The zero-order valence-corrected chi connectivity index (χ0v) is 8.27. The largest absolute Gasteiger partial charge is 0.573 e. The smallest absolute Gasteiger partial charge is 0.404 e. The predicted octanol–water partition coefficient (Wildman–Crippen LogP) is 2.77. The molecule has 6 heteroatoms. The Morgan fingerprint density at radius 1 is 1.33 bits per heavy atom. The summed E-state index contributed by atoms with van der Waals surface area (Å²) in [6, 6.07) is 3.88. The Hall–Kier alpha value is -0.940. The molecule has 0 fully saturated rings. The second kappa shape index (κ2) is 4.72. The topological polar surface area (TPSA) is 29.5 Å². The van der Waals surface area contributed by atoms with Crippen molar-refractivity contribution in [2.75, 3.05) is 6.61 Å². The molecule has 0 radical (unpaired) electrons. The molecule has 0 aliphatic rings. The van der Waals surface area contributed by atoms with E-state index < -0.39 is 12.1 Å². The molecule has 0 aliphatic heterocycles. The fourth-order valence-electron chi connectivity index (χ4n) is 1.04. The molecule has 0 bridgehead atoms. The van der Waals surface area contributed by atoms with Crippen molar-refractivity contribution in [1.29, 1.82) is 0 Å². The Balaban J connectivity index is 2.84. The minimum Gasteiger partial charge on any atom is -0.404 e.